The van der Waals surface area contributed by atoms with Crippen LogP contribution in [0.15, 0.2) is 67.3 Å². The van der Waals surface area contributed by atoms with Crippen molar-refractivity contribution in [3.05, 3.63) is 82.9 Å². The molecule has 24 heavy (non-hydrogen) atoms. The monoisotopic (exact) mass is 323 g/mol. The normalized spacial score (nSPS) is 10.5. The topological polar surface area (TPSA) is 70.2 Å². The molecule has 0 amide bonds. The molecule has 1 heterocycles. The van der Waals surface area contributed by atoms with Crippen molar-refractivity contribution in [1.82, 2.24) is 9.55 Å². The van der Waals surface area contributed by atoms with E-state index in [9.17, 15) is 10.1 Å². The first kappa shape index (κ1) is 15.7. The predicted octanol–water partition coefficient (Wildman–Crippen LogP) is 4.22. The van der Waals surface area contributed by atoms with Gasteiger partial charge in [-0.3, -0.25) is 10.1 Å². The Balaban J connectivity index is 1.59. The molecule has 3 rings (SSSR count). The molecule has 0 aliphatic carbocycles. The maximum absolute atomic E-state index is 11.0. The number of nitro benzene ring substituents is 1. The minimum atomic E-state index is -0.445. The SMILES string of the molecule is O=[N+]([O-])c1ccccc1Oc1ccc(CCCn2ccnc2)cc1. The lowest BCUT2D eigenvalue weighted by Gasteiger charge is -2.07. The van der Waals surface area contributed by atoms with Crippen molar-refractivity contribution in [2.75, 3.05) is 0 Å². The fraction of sp³-hybridized carbons (Fsp3) is 0.167. The number of aromatic nitrogens is 2. The fourth-order valence-electron chi connectivity index (χ4n) is 2.43. The van der Waals surface area contributed by atoms with Crippen LogP contribution in [0.5, 0.6) is 11.5 Å². The molecule has 6 heteroatoms. The number of hydrogen-bond donors (Lipinski definition) is 0. The molecule has 0 fully saturated rings. The van der Waals surface area contributed by atoms with Gasteiger partial charge < -0.3 is 9.30 Å². The Bertz CT molecular complexity index is 799. The van der Waals surface area contributed by atoms with Gasteiger partial charge in [0, 0.05) is 25.0 Å². The van der Waals surface area contributed by atoms with E-state index in [1.807, 2.05) is 41.4 Å². The van der Waals surface area contributed by atoms with Crippen LogP contribution >= 0.6 is 0 Å². The molecule has 2 aromatic carbocycles. The van der Waals surface area contributed by atoms with Gasteiger partial charge in [0.25, 0.3) is 0 Å². The summed E-state index contributed by atoms with van der Waals surface area (Å²) in [6.45, 7) is 0.925. The lowest BCUT2D eigenvalue weighted by molar-refractivity contribution is -0.385. The Labute approximate surface area is 139 Å². The van der Waals surface area contributed by atoms with Crippen molar-refractivity contribution in [2.45, 2.75) is 19.4 Å². The van der Waals surface area contributed by atoms with Gasteiger partial charge in [-0.25, -0.2) is 4.98 Å². The molecule has 0 unspecified atom stereocenters. The summed E-state index contributed by atoms with van der Waals surface area (Å²) in [5, 5.41) is 11.0. The van der Waals surface area contributed by atoms with Crippen molar-refractivity contribution in [1.29, 1.82) is 0 Å². The average Bonchev–Trinajstić information content (AvgIpc) is 3.10. The molecule has 3 aromatic rings. The molecular weight excluding hydrogens is 306 g/mol. The summed E-state index contributed by atoms with van der Waals surface area (Å²) in [7, 11) is 0. The molecule has 0 N–H and O–H groups in total. The first-order chi connectivity index (χ1) is 11.7. The Morgan fingerprint density at radius 2 is 1.92 bits per heavy atom. The zero-order valence-corrected chi connectivity index (χ0v) is 13.0. The zero-order valence-electron chi connectivity index (χ0n) is 13.0. The molecule has 0 spiro atoms. The zero-order chi connectivity index (χ0) is 16.8. The van der Waals surface area contributed by atoms with Crippen LogP contribution in [0.2, 0.25) is 0 Å². The van der Waals surface area contributed by atoms with Crippen molar-refractivity contribution in [3.8, 4) is 11.5 Å². The number of benzene rings is 2. The molecule has 0 saturated heterocycles. The van der Waals surface area contributed by atoms with Crippen molar-refractivity contribution < 1.29 is 9.66 Å². The number of nitro groups is 1. The highest BCUT2D eigenvalue weighted by atomic mass is 16.6. The number of aryl methyl sites for hydroxylation is 2. The van der Waals surface area contributed by atoms with Gasteiger partial charge in [0.2, 0.25) is 5.75 Å². The largest absolute Gasteiger partial charge is 0.450 e. The number of rotatable bonds is 7. The first-order valence-corrected chi connectivity index (χ1v) is 7.68. The van der Waals surface area contributed by atoms with E-state index in [1.165, 1.54) is 11.6 Å². The molecule has 0 radical (unpaired) electrons. The van der Waals surface area contributed by atoms with Crippen molar-refractivity contribution in [3.63, 3.8) is 0 Å². The van der Waals surface area contributed by atoms with Gasteiger partial charge in [-0.1, -0.05) is 24.3 Å². The second-order valence-electron chi connectivity index (χ2n) is 5.37. The van der Waals surface area contributed by atoms with E-state index in [1.54, 1.807) is 24.4 Å². The summed E-state index contributed by atoms with van der Waals surface area (Å²) in [6, 6.07) is 14.0. The van der Waals surface area contributed by atoms with Crippen LogP contribution in [0, 0.1) is 10.1 Å². The van der Waals surface area contributed by atoms with Gasteiger partial charge in [-0.15, -0.1) is 0 Å². The summed E-state index contributed by atoms with van der Waals surface area (Å²) in [5.74, 6) is 0.831. The molecule has 0 bridgehead atoms. The van der Waals surface area contributed by atoms with Gasteiger partial charge >= 0.3 is 5.69 Å². The highest BCUT2D eigenvalue weighted by molar-refractivity contribution is 5.48. The van der Waals surface area contributed by atoms with Gasteiger partial charge in [0.15, 0.2) is 0 Å². The molecule has 1 aromatic heterocycles. The van der Waals surface area contributed by atoms with E-state index >= 15 is 0 Å². The van der Waals surface area contributed by atoms with Gasteiger partial charge in [-0.05, 0) is 36.6 Å². The molecule has 0 saturated carbocycles. The lowest BCUT2D eigenvalue weighted by atomic mass is 10.1. The Morgan fingerprint density at radius 3 is 2.62 bits per heavy atom. The fourth-order valence-corrected chi connectivity index (χ4v) is 2.43. The van der Waals surface area contributed by atoms with E-state index in [-0.39, 0.29) is 11.4 Å². The number of imidazole rings is 1. The lowest BCUT2D eigenvalue weighted by Crippen LogP contribution is -1.97. The molecular formula is C18H17N3O3. The maximum Gasteiger partial charge on any atom is 0.311 e. The number of hydrogen-bond acceptors (Lipinski definition) is 4. The Kier molecular flexibility index (Phi) is 4.86. The molecule has 0 atom stereocenters. The summed E-state index contributed by atoms with van der Waals surface area (Å²) >= 11 is 0. The van der Waals surface area contributed by atoms with E-state index in [0.717, 1.165) is 19.4 Å². The maximum atomic E-state index is 11.0. The first-order valence-electron chi connectivity index (χ1n) is 7.68. The predicted molar refractivity (Wildman–Crippen MR) is 90.2 cm³/mol. The van der Waals surface area contributed by atoms with Crippen molar-refractivity contribution in [2.24, 2.45) is 0 Å². The molecule has 122 valence electrons. The second-order valence-corrected chi connectivity index (χ2v) is 5.37. The van der Waals surface area contributed by atoms with Crippen LogP contribution < -0.4 is 4.74 Å². The molecule has 0 aliphatic rings. The van der Waals surface area contributed by atoms with Crippen molar-refractivity contribution >= 4 is 5.69 Å². The van der Waals surface area contributed by atoms with Crippen LogP contribution in [0.3, 0.4) is 0 Å². The third-order valence-electron chi connectivity index (χ3n) is 3.65. The number of ether oxygens (including phenoxy) is 1. The van der Waals surface area contributed by atoms with E-state index in [0.29, 0.717) is 5.75 Å². The summed E-state index contributed by atoms with van der Waals surface area (Å²) in [4.78, 5) is 14.6. The second kappa shape index (κ2) is 7.41. The van der Waals surface area contributed by atoms with E-state index in [4.69, 9.17) is 4.74 Å². The van der Waals surface area contributed by atoms with Crippen LogP contribution in [-0.2, 0) is 13.0 Å². The highest BCUT2D eigenvalue weighted by Gasteiger charge is 2.14. The Morgan fingerprint density at radius 1 is 1.12 bits per heavy atom. The summed E-state index contributed by atoms with van der Waals surface area (Å²) < 4.78 is 7.68. The van der Waals surface area contributed by atoms with Crippen LogP contribution in [0.1, 0.15) is 12.0 Å². The van der Waals surface area contributed by atoms with E-state index in [2.05, 4.69) is 4.98 Å². The van der Waals surface area contributed by atoms with E-state index < -0.39 is 4.92 Å². The number of nitrogens with zero attached hydrogens (tertiary/aromatic N) is 3. The summed E-state index contributed by atoms with van der Waals surface area (Å²) in [5.41, 5.74) is 1.16. The number of para-hydroxylation sites is 2. The minimum absolute atomic E-state index is 0.0399. The van der Waals surface area contributed by atoms with Crippen LogP contribution in [0.4, 0.5) is 5.69 Å². The van der Waals surface area contributed by atoms with Gasteiger partial charge in [0.05, 0.1) is 11.3 Å². The van der Waals surface area contributed by atoms with Gasteiger partial charge in [0.1, 0.15) is 5.75 Å². The van der Waals surface area contributed by atoms with Gasteiger partial charge in [-0.2, -0.15) is 0 Å². The smallest absolute Gasteiger partial charge is 0.311 e. The molecule has 6 nitrogen and oxygen atoms in total. The minimum Gasteiger partial charge on any atom is -0.450 e. The quantitative estimate of drug-likeness (QED) is 0.482. The summed E-state index contributed by atoms with van der Waals surface area (Å²) in [6.07, 6.45) is 7.49. The third kappa shape index (κ3) is 3.98. The highest BCUT2D eigenvalue weighted by Crippen LogP contribution is 2.30. The third-order valence-corrected chi connectivity index (χ3v) is 3.65. The van der Waals surface area contributed by atoms with Crippen LogP contribution in [0.25, 0.3) is 0 Å². The van der Waals surface area contributed by atoms with Crippen LogP contribution in [-0.4, -0.2) is 14.5 Å². The Hall–Kier alpha value is -3.15. The average molecular weight is 323 g/mol. The molecule has 0 aliphatic heterocycles. The standard InChI is InChI=1S/C18H17N3O3/c22-21(23)17-5-1-2-6-18(17)24-16-9-7-15(8-10-16)4-3-12-20-13-11-19-14-20/h1-2,5-11,13-14H,3-4,12H2.